The van der Waals surface area contributed by atoms with Crippen molar-refractivity contribution >= 4 is 45.2 Å². The summed E-state index contributed by atoms with van der Waals surface area (Å²) in [6.45, 7) is 6.03. The van der Waals surface area contributed by atoms with E-state index in [2.05, 4.69) is 35.8 Å². The lowest BCUT2D eigenvalue weighted by atomic mass is 9.45. The minimum absolute atomic E-state index is 0.111. The molecule has 0 unspecified atom stereocenters. The topological polar surface area (TPSA) is 97.5 Å². The van der Waals surface area contributed by atoms with Crippen LogP contribution in [-0.4, -0.2) is 61.4 Å². The molecule has 8 rings (SSSR count). The molecule has 5 aliphatic rings. The minimum atomic E-state index is -1.42. The van der Waals surface area contributed by atoms with Crippen molar-refractivity contribution in [3.05, 3.63) is 47.3 Å². The van der Waals surface area contributed by atoms with Crippen molar-refractivity contribution in [1.82, 2.24) is 14.8 Å². The Morgan fingerprint density at radius 2 is 2.00 bits per heavy atom. The van der Waals surface area contributed by atoms with Crippen molar-refractivity contribution in [1.29, 1.82) is 0 Å². The van der Waals surface area contributed by atoms with E-state index in [-0.39, 0.29) is 34.7 Å². The molecule has 4 fully saturated rings. The molecule has 1 aliphatic heterocycles. The van der Waals surface area contributed by atoms with E-state index in [9.17, 15) is 15.0 Å². The smallest absolute Gasteiger partial charge is 0.175 e. The van der Waals surface area contributed by atoms with Crippen molar-refractivity contribution in [2.24, 2.45) is 28.6 Å². The van der Waals surface area contributed by atoms with Crippen LogP contribution in [0.25, 0.3) is 16.3 Å². The van der Waals surface area contributed by atoms with Crippen molar-refractivity contribution < 1.29 is 19.7 Å². The van der Waals surface area contributed by atoms with Gasteiger partial charge in [0, 0.05) is 18.6 Å². The van der Waals surface area contributed by atoms with E-state index in [1.54, 1.807) is 11.3 Å². The molecule has 7 nitrogen and oxygen atoms in total. The molecule has 0 spiro atoms. The third-order valence-corrected chi connectivity index (χ3v) is 14.4. The highest BCUT2D eigenvalue weighted by Crippen LogP contribution is 2.67. The zero-order valence-electron chi connectivity index (χ0n) is 25.0. The first-order chi connectivity index (χ1) is 20.7. The third-order valence-electron chi connectivity index (χ3n) is 12.2. The maximum absolute atomic E-state index is 13.8. The Hall–Kier alpha value is -2.04. The van der Waals surface area contributed by atoms with E-state index < -0.39 is 17.1 Å². The van der Waals surface area contributed by atoms with Crippen LogP contribution < -0.4 is 0 Å². The van der Waals surface area contributed by atoms with Crippen LogP contribution in [0.4, 0.5) is 0 Å². The Bertz CT molecular complexity index is 1580. The fourth-order valence-electron chi connectivity index (χ4n) is 10.0. The normalized spacial score (nSPS) is 37.3. The predicted octanol–water partition coefficient (Wildman–Crippen LogP) is 6.09. The SMILES string of the molecule is C[C@]12Cc3cnn(C4CCOCC4)c3C=C1CC[C@@H]1[C@@H]2[C@@H](O)C[C@@]2(C)[C@H]1CC[C@]2(O)C(=O)CSc1nc2ccccc2s1. The molecule has 7 atom stereocenters. The van der Waals surface area contributed by atoms with Gasteiger partial charge < -0.3 is 14.9 Å². The molecular formula is C34H41N3O4S2. The Labute approximate surface area is 261 Å². The number of allylic oxidation sites excluding steroid dienone is 1. The number of thioether (sulfide) groups is 1. The molecule has 4 aliphatic carbocycles. The molecule has 3 saturated carbocycles. The van der Waals surface area contributed by atoms with Crippen molar-refractivity contribution in [3.63, 3.8) is 0 Å². The average Bonchev–Trinajstić information content (AvgIpc) is 3.68. The third kappa shape index (κ3) is 4.21. The number of rotatable bonds is 5. The van der Waals surface area contributed by atoms with Gasteiger partial charge >= 0.3 is 0 Å². The Kier molecular flexibility index (Phi) is 6.77. The number of nitrogens with zero attached hydrogens (tertiary/aromatic N) is 3. The van der Waals surface area contributed by atoms with E-state index in [0.717, 1.165) is 66.3 Å². The van der Waals surface area contributed by atoms with Gasteiger partial charge in [0.05, 0.1) is 40.0 Å². The first-order valence-electron chi connectivity index (χ1n) is 16.0. The van der Waals surface area contributed by atoms with Gasteiger partial charge in [-0.3, -0.25) is 9.48 Å². The van der Waals surface area contributed by atoms with Gasteiger partial charge in [0.1, 0.15) is 5.60 Å². The minimum Gasteiger partial charge on any atom is -0.393 e. The second kappa shape index (κ2) is 10.2. The van der Waals surface area contributed by atoms with Gasteiger partial charge in [-0.25, -0.2) is 4.98 Å². The van der Waals surface area contributed by atoms with Crippen LogP contribution in [0.5, 0.6) is 0 Å². The quantitative estimate of drug-likeness (QED) is 0.334. The summed E-state index contributed by atoms with van der Waals surface area (Å²) in [6, 6.07) is 8.40. The second-order valence-electron chi connectivity index (χ2n) is 14.2. The highest BCUT2D eigenvalue weighted by molar-refractivity contribution is 8.01. The summed E-state index contributed by atoms with van der Waals surface area (Å²) in [5.74, 6) is 0.694. The second-order valence-corrected chi connectivity index (χ2v) is 16.4. The molecular weight excluding hydrogens is 579 g/mol. The van der Waals surface area contributed by atoms with Crippen LogP contribution >= 0.6 is 23.1 Å². The first-order valence-corrected chi connectivity index (χ1v) is 17.8. The predicted molar refractivity (Wildman–Crippen MR) is 169 cm³/mol. The number of hydrogen-bond acceptors (Lipinski definition) is 8. The molecule has 0 bridgehead atoms. The lowest BCUT2D eigenvalue weighted by Gasteiger charge is -2.60. The summed E-state index contributed by atoms with van der Waals surface area (Å²) < 4.78 is 9.81. The van der Waals surface area contributed by atoms with Crippen LogP contribution in [0.3, 0.4) is 0 Å². The fraction of sp³-hybridized carbons (Fsp3) is 0.618. The number of thiazole rings is 1. The molecule has 3 heterocycles. The maximum Gasteiger partial charge on any atom is 0.175 e. The molecule has 0 amide bonds. The van der Waals surface area contributed by atoms with Gasteiger partial charge in [-0.1, -0.05) is 43.3 Å². The van der Waals surface area contributed by atoms with Crippen molar-refractivity contribution in [3.8, 4) is 0 Å². The van der Waals surface area contributed by atoms with E-state index in [0.29, 0.717) is 18.9 Å². The molecule has 228 valence electrons. The van der Waals surface area contributed by atoms with Gasteiger partial charge in [0.15, 0.2) is 10.1 Å². The van der Waals surface area contributed by atoms with Crippen molar-refractivity contribution in [2.75, 3.05) is 19.0 Å². The average molecular weight is 620 g/mol. The van der Waals surface area contributed by atoms with Crippen LogP contribution in [0.15, 0.2) is 40.4 Å². The number of fused-ring (bicyclic) bond motifs is 7. The standard InChI is InChI=1S/C34H41N3O4S2/c1-32-16-20-18-35-37(22-10-13-41-14-11-22)26(20)15-21(32)7-8-23-24-9-12-34(40,33(24,2)17-27(38)30(23)32)29(39)19-42-31-36-25-5-3-4-6-28(25)43-31/h3-6,15,18,22-24,27,30,38,40H,7-14,16-17,19H2,1-2H3/t23-,24-,27-,30+,32-,33-,34-/m0/s1. The van der Waals surface area contributed by atoms with Gasteiger partial charge in [-0.2, -0.15) is 5.10 Å². The Balaban J connectivity index is 1.04. The molecule has 2 aromatic heterocycles. The molecule has 43 heavy (non-hydrogen) atoms. The van der Waals surface area contributed by atoms with Gasteiger partial charge in [-0.05, 0) is 98.3 Å². The Morgan fingerprint density at radius 1 is 1.19 bits per heavy atom. The number of ketones is 1. The summed E-state index contributed by atoms with van der Waals surface area (Å²) in [5, 5.41) is 29.0. The van der Waals surface area contributed by atoms with Gasteiger partial charge in [0.25, 0.3) is 0 Å². The molecule has 0 radical (unpaired) electrons. The number of Topliss-reactive ketones (excluding diaryl/α,β-unsaturated/α-hetero) is 1. The summed E-state index contributed by atoms with van der Waals surface area (Å²) in [4.78, 5) is 18.5. The summed E-state index contributed by atoms with van der Waals surface area (Å²) in [6.07, 6.45) is 10.5. The number of aromatic nitrogens is 3. The van der Waals surface area contributed by atoms with Crippen molar-refractivity contribution in [2.45, 2.75) is 87.3 Å². The maximum atomic E-state index is 13.8. The largest absolute Gasteiger partial charge is 0.393 e. The number of ether oxygens (including phenoxy) is 1. The van der Waals surface area contributed by atoms with E-state index in [1.165, 1.54) is 28.6 Å². The number of aliphatic hydroxyl groups excluding tert-OH is 1. The molecule has 1 saturated heterocycles. The summed E-state index contributed by atoms with van der Waals surface area (Å²) in [5.41, 5.74) is 2.71. The van der Waals surface area contributed by atoms with Crippen LogP contribution in [0.1, 0.15) is 76.1 Å². The fourth-order valence-corrected chi connectivity index (χ4v) is 12.1. The Morgan fingerprint density at radius 3 is 2.81 bits per heavy atom. The number of para-hydroxylation sites is 1. The highest BCUT2D eigenvalue weighted by Gasteiger charge is 2.68. The lowest BCUT2D eigenvalue weighted by molar-refractivity contribution is -0.177. The first kappa shape index (κ1) is 28.4. The zero-order chi connectivity index (χ0) is 29.6. The van der Waals surface area contributed by atoms with Crippen LogP contribution in [0, 0.1) is 28.6 Å². The zero-order valence-corrected chi connectivity index (χ0v) is 26.6. The molecule has 2 N–H and O–H groups in total. The number of benzene rings is 1. The van der Waals surface area contributed by atoms with Crippen LogP contribution in [0.2, 0.25) is 0 Å². The lowest BCUT2D eigenvalue weighted by Crippen LogP contribution is -2.62. The molecule has 9 heteroatoms. The molecule has 1 aromatic carbocycles. The summed E-state index contributed by atoms with van der Waals surface area (Å²) in [7, 11) is 0. The number of carbonyl (C=O) groups excluding carboxylic acids is 1. The van der Waals surface area contributed by atoms with E-state index in [4.69, 9.17) is 9.84 Å². The van der Waals surface area contributed by atoms with Gasteiger partial charge in [0.2, 0.25) is 0 Å². The van der Waals surface area contributed by atoms with E-state index >= 15 is 0 Å². The van der Waals surface area contributed by atoms with Crippen LogP contribution in [-0.2, 0) is 16.0 Å². The number of hydrogen-bond donors (Lipinski definition) is 2. The number of aliphatic hydroxyl groups is 2. The highest BCUT2D eigenvalue weighted by atomic mass is 32.2. The molecule has 3 aromatic rings. The monoisotopic (exact) mass is 619 g/mol. The number of carbonyl (C=O) groups is 1. The van der Waals surface area contributed by atoms with Gasteiger partial charge in [-0.15, -0.1) is 11.3 Å². The van der Waals surface area contributed by atoms with E-state index in [1.807, 2.05) is 24.3 Å². The summed E-state index contributed by atoms with van der Waals surface area (Å²) >= 11 is 3.03.